The van der Waals surface area contributed by atoms with Crippen molar-refractivity contribution >= 4 is 34.3 Å². The summed E-state index contributed by atoms with van der Waals surface area (Å²) >= 11 is 5.80. The molecule has 6 nitrogen and oxygen atoms in total. The number of carbonyl (C=O) groups excluding carboxylic acids is 1. The van der Waals surface area contributed by atoms with Crippen molar-refractivity contribution in [2.75, 3.05) is 0 Å². The number of aliphatic carboxylic acids is 1. The number of carbonyl (C=O) groups is 2. The summed E-state index contributed by atoms with van der Waals surface area (Å²) < 4.78 is 14.5. The second-order valence-electron chi connectivity index (χ2n) is 4.66. The number of aromatic nitrogens is 1. The molecule has 0 radical (unpaired) electrons. The predicted molar refractivity (Wildman–Crippen MR) is 77.0 cm³/mol. The van der Waals surface area contributed by atoms with E-state index in [1.54, 1.807) is 0 Å². The molecule has 0 aliphatic rings. The molecule has 0 aliphatic heterocycles. The van der Waals surface area contributed by atoms with Crippen molar-refractivity contribution in [3.05, 3.63) is 38.9 Å². The van der Waals surface area contributed by atoms with E-state index in [2.05, 4.69) is 0 Å². The molecular formula is C14H11ClFNO5. The highest BCUT2D eigenvalue weighted by molar-refractivity contribution is 6.35. The second-order valence-corrected chi connectivity index (χ2v) is 5.04. The predicted octanol–water partition coefficient (Wildman–Crippen LogP) is 2.08. The summed E-state index contributed by atoms with van der Waals surface area (Å²) in [6, 6.07) is 2.19. The Morgan fingerprint density at radius 2 is 1.95 bits per heavy atom. The number of nitrogens with zero attached hydrogens (tertiary/aromatic N) is 1. The quantitative estimate of drug-likeness (QED) is 0.838. The van der Waals surface area contributed by atoms with E-state index in [0.717, 1.165) is 10.6 Å². The molecule has 8 heteroatoms. The van der Waals surface area contributed by atoms with Gasteiger partial charge >= 0.3 is 5.97 Å². The lowest BCUT2D eigenvalue weighted by Gasteiger charge is -2.12. The van der Waals surface area contributed by atoms with Crippen LogP contribution in [0.3, 0.4) is 0 Å². The lowest BCUT2D eigenvalue weighted by Crippen LogP contribution is -2.25. The average Bonchev–Trinajstić information content (AvgIpc) is 2.45. The lowest BCUT2D eigenvalue weighted by atomic mass is 10.0. The zero-order chi connectivity index (χ0) is 16.6. The minimum absolute atomic E-state index is 0.0344. The van der Waals surface area contributed by atoms with Gasteiger partial charge < -0.3 is 14.8 Å². The minimum Gasteiger partial charge on any atom is -0.506 e. The van der Waals surface area contributed by atoms with Crippen LogP contribution in [0.4, 0.5) is 4.39 Å². The third-order valence-corrected chi connectivity index (χ3v) is 3.62. The van der Waals surface area contributed by atoms with Gasteiger partial charge in [0.25, 0.3) is 5.56 Å². The van der Waals surface area contributed by atoms with Crippen molar-refractivity contribution in [1.29, 1.82) is 0 Å². The first-order valence-electron chi connectivity index (χ1n) is 6.20. The number of carboxylic acids is 1. The number of benzene rings is 1. The van der Waals surface area contributed by atoms with Crippen molar-refractivity contribution < 1.29 is 24.2 Å². The fraction of sp³-hybridized carbons (Fsp3) is 0.214. The van der Waals surface area contributed by atoms with Gasteiger partial charge in [0.2, 0.25) is 0 Å². The van der Waals surface area contributed by atoms with E-state index in [4.69, 9.17) is 16.7 Å². The van der Waals surface area contributed by atoms with Crippen LogP contribution in [0.2, 0.25) is 5.02 Å². The fourth-order valence-electron chi connectivity index (χ4n) is 2.16. The van der Waals surface area contributed by atoms with E-state index in [1.807, 2.05) is 0 Å². The second kappa shape index (κ2) is 5.76. The lowest BCUT2D eigenvalue weighted by molar-refractivity contribution is -0.136. The van der Waals surface area contributed by atoms with Crippen LogP contribution in [0.5, 0.6) is 5.75 Å². The van der Waals surface area contributed by atoms with Crippen LogP contribution in [0.1, 0.15) is 23.2 Å². The van der Waals surface area contributed by atoms with E-state index >= 15 is 0 Å². The summed E-state index contributed by atoms with van der Waals surface area (Å²) in [5.74, 6) is -3.40. The first-order valence-corrected chi connectivity index (χ1v) is 6.58. The molecule has 2 rings (SSSR count). The van der Waals surface area contributed by atoms with Crippen LogP contribution in [-0.4, -0.2) is 26.5 Å². The van der Waals surface area contributed by atoms with E-state index in [-0.39, 0.29) is 15.9 Å². The topological polar surface area (TPSA) is 96.6 Å². The molecule has 1 aromatic carbocycles. The number of halogens is 2. The number of hydrogen-bond acceptors (Lipinski definition) is 4. The molecule has 1 aromatic heterocycles. The van der Waals surface area contributed by atoms with Gasteiger partial charge in [-0.3, -0.25) is 14.4 Å². The number of rotatable bonds is 4. The van der Waals surface area contributed by atoms with Crippen molar-refractivity contribution in [3.8, 4) is 5.75 Å². The van der Waals surface area contributed by atoms with Crippen LogP contribution >= 0.6 is 11.6 Å². The van der Waals surface area contributed by atoms with Gasteiger partial charge in [0, 0.05) is 18.9 Å². The number of ketones is 1. The fourth-order valence-corrected chi connectivity index (χ4v) is 2.45. The van der Waals surface area contributed by atoms with Crippen molar-refractivity contribution in [1.82, 2.24) is 4.57 Å². The Bertz CT molecular complexity index is 859. The van der Waals surface area contributed by atoms with Crippen molar-refractivity contribution in [3.63, 3.8) is 0 Å². The van der Waals surface area contributed by atoms with E-state index < -0.39 is 47.3 Å². The highest BCUT2D eigenvalue weighted by atomic mass is 35.5. The van der Waals surface area contributed by atoms with Gasteiger partial charge in [0.15, 0.2) is 5.78 Å². The third-order valence-electron chi connectivity index (χ3n) is 3.26. The molecule has 0 fully saturated rings. The number of aryl methyl sites for hydroxylation is 1. The Morgan fingerprint density at radius 1 is 1.32 bits per heavy atom. The van der Waals surface area contributed by atoms with Crippen LogP contribution in [-0.2, 0) is 11.8 Å². The third kappa shape index (κ3) is 2.55. The summed E-state index contributed by atoms with van der Waals surface area (Å²) in [6.45, 7) is 0. The standard InChI is InChI=1S/C14H11ClFNO5/c1-17-12-6(2-3-7(16)11(12)15)13(21)10(14(17)22)8(18)4-5-9(19)20/h2-3,21H,4-5H2,1H3,(H,19,20). The van der Waals surface area contributed by atoms with Gasteiger partial charge in [0.1, 0.15) is 22.2 Å². The summed E-state index contributed by atoms with van der Waals surface area (Å²) in [4.78, 5) is 34.7. The van der Waals surface area contributed by atoms with Crippen molar-refractivity contribution in [2.24, 2.45) is 7.05 Å². The number of fused-ring (bicyclic) bond motifs is 1. The molecular weight excluding hydrogens is 317 g/mol. The SMILES string of the molecule is Cn1c(=O)c(C(=O)CCC(=O)O)c(O)c2ccc(F)c(Cl)c21. The number of carboxylic acid groups (broad SMARTS) is 1. The summed E-state index contributed by atoms with van der Waals surface area (Å²) in [5, 5.41) is 18.4. The molecule has 0 bridgehead atoms. The van der Waals surface area contributed by atoms with Crippen molar-refractivity contribution in [2.45, 2.75) is 12.8 Å². The minimum atomic E-state index is -1.20. The van der Waals surface area contributed by atoms with Crippen LogP contribution < -0.4 is 5.56 Å². The summed E-state index contributed by atoms with van der Waals surface area (Å²) in [7, 11) is 1.28. The number of pyridine rings is 1. The molecule has 1 heterocycles. The highest BCUT2D eigenvalue weighted by Crippen LogP contribution is 2.32. The molecule has 0 saturated heterocycles. The smallest absolute Gasteiger partial charge is 0.303 e. The molecule has 0 amide bonds. The number of aromatic hydroxyl groups is 1. The average molecular weight is 328 g/mol. The van der Waals surface area contributed by atoms with E-state index in [9.17, 15) is 23.9 Å². The van der Waals surface area contributed by atoms with E-state index in [1.165, 1.54) is 13.1 Å². The zero-order valence-corrected chi connectivity index (χ0v) is 12.1. The monoisotopic (exact) mass is 327 g/mol. The molecule has 0 saturated carbocycles. The van der Waals surface area contributed by atoms with Gasteiger partial charge in [-0.25, -0.2) is 4.39 Å². The summed E-state index contributed by atoms with van der Waals surface area (Å²) in [6.07, 6.45) is -0.901. The summed E-state index contributed by atoms with van der Waals surface area (Å²) in [5.41, 5.74) is -1.44. The van der Waals surface area contributed by atoms with E-state index in [0.29, 0.717) is 0 Å². The molecule has 2 N–H and O–H groups in total. The Balaban J connectivity index is 2.73. The first kappa shape index (κ1) is 16.0. The maximum atomic E-state index is 13.5. The Hall–Kier alpha value is -2.41. The Morgan fingerprint density at radius 3 is 2.55 bits per heavy atom. The maximum Gasteiger partial charge on any atom is 0.303 e. The van der Waals surface area contributed by atoms with Gasteiger partial charge in [-0.1, -0.05) is 11.6 Å². The molecule has 2 aromatic rings. The zero-order valence-electron chi connectivity index (χ0n) is 11.4. The van der Waals surface area contributed by atoms with Gasteiger partial charge in [-0.15, -0.1) is 0 Å². The molecule has 116 valence electrons. The normalized spacial score (nSPS) is 10.9. The Labute approximate surface area is 128 Å². The molecule has 0 unspecified atom stereocenters. The van der Waals surface area contributed by atoms with Gasteiger partial charge in [-0.05, 0) is 12.1 Å². The largest absolute Gasteiger partial charge is 0.506 e. The molecule has 22 heavy (non-hydrogen) atoms. The molecule has 0 spiro atoms. The van der Waals surface area contributed by atoms with Gasteiger partial charge in [0.05, 0.1) is 11.9 Å². The molecule has 0 atom stereocenters. The van der Waals surface area contributed by atoms with Crippen LogP contribution in [0.25, 0.3) is 10.9 Å². The maximum absolute atomic E-state index is 13.5. The van der Waals surface area contributed by atoms with Gasteiger partial charge in [-0.2, -0.15) is 0 Å². The number of Topliss-reactive ketones (excluding diaryl/α,β-unsaturated/α-hetero) is 1. The molecule has 0 aliphatic carbocycles. The Kier molecular flexibility index (Phi) is 4.18. The highest BCUT2D eigenvalue weighted by Gasteiger charge is 2.23. The van der Waals surface area contributed by atoms with Crippen LogP contribution in [0.15, 0.2) is 16.9 Å². The number of hydrogen-bond donors (Lipinski definition) is 2. The first-order chi connectivity index (χ1) is 10.3. The van der Waals surface area contributed by atoms with Crippen LogP contribution in [0, 0.1) is 5.82 Å².